The van der Waals surface area contributed by atoms with Crippen LogP contribution in [-0.2, 0) is 0 Å². The Hall–Kier alpha value is -8.46. The van der Waals surface area contributed by atoms with Crippen LogP contribution < -0.4 is 0 Å². The third-order valence-electron chi connectivity index (χ3n) is 12.7. The van der Waals surface area contributed by atoms with E-state index in [2.05, 4.69) is 237 Å². The number of aromatic nitrogens is 2. The van der Waals surface area contributed by atoms with Gasteiger partial charge in [0.2, 0.25) is 0 Å². The van der Waals surface area contributed by atoms with Crippen LogP contribution in [0.3, 0.4) is 0 Å². The molecule has 0 saturated heterocycles. The van der Waals surface area contributed by atoms with Crippen LogP contribution in [0.25, 0.3) is 122 Å². The molecule has 64 heavy (non-hydrogen) atoms. The molecule has 0 spiro atoms. The molecule has 2 heteroatoms. The summed E-state index contributed by atoms with van der Waals surface area (Å²) in [7, 11) is 0. The Balaban J connectivity index is 0.911. The van der Waals surface area contributed by atoms with E-state index in [9.17, 15) is 0 Å². The standard InChI is InChI=1S/C62H40N2/c1-3-13-41(14-4-1)42-23-27-46(28-24-42)59-40-60(56-22-12-11-19-53(56)44-15-5-2-6-16-44)64-62(63-59)47-29-25-43(26-30-47)48-31-32-50-38-52(34-33-49(50)37-48)61-55-21-10-8-18-51(55)39-58-54-20-9-7-17-45(54)35-36-57(58)61/h1-40H. The van der Waals surface area contributed by atoms with E-state index in [1.807, 2.05) is 6.07 Å². The van der Waals surface area contributed by atoms with E-state index in [1.54, 1.807) is 0 Å². The maximum Gasteiger partial charge on any atom is 0.160 e. The van der Waals surface area contributed by atoms with Crippen molar-refractivity contribution in [2.24, 2.45) is 0 Å². The molecule has 0 aliphatic carbocycles. The third-order valence-corrected chi connectivity index (χ3v) is 12.7. The minimum Gasteiger partial charge on any atom is -0.228 e. The maximum atomic E-state index is 5.27. The number of hydrogen-bond donors (Lipinski definition) is 0. The van der Waals surface area contributed by atoms with Crippen molar-refractivity contribution in [1.82, 2.24) is 9.97 Å². The SMILES string of the molecule is c1ccc(-c2ccc(-c3cc(-c4ccccc4-c4ccccc4)nc(-c4ccc(-c5ccc6cc(-c7c8ccccc8cc8c7ccc7ccccc78)ccc6c5)cc4)n3)cc2)cc1. The molecule has 0 aliphatic rings. The molecule has 0 radical (unpaired) electrons. The van der Waals surface area contributed by atoms with Gasteiger partial charge in [-0.15, -0.1) is 0 Å². The summed E-state index contributed by atoms with van der Waals surface area (Å²) in [5, 5.41) is 10.0. The average molecular weight is 813 g/mol. The lowest BCUT2D eigenvalue weighted by Crippen LogP contribution is -1.97. The summed E-state index contributed by atoms with van der Waals surface area (Å²) >= 11 is 0. The lowest BCUT2D eigenvalue weighted by Gasteiger charge is -2.15. The summed E-state index contributed by atoms with van der Waals surface area (Å²) in [6, 6.07) is 87.1. The highest BCUT2D eigenvalue weighted by atomic mass is 14.9. The number of benzene rings is 11. The largest absolute Gasteiger partial charge is 0.228 e. The van der Waals surface area contributed by atoms with Gasteiger partial charge in [0.15, 0.2) is 5.82 Å². The Labute approximate surface area is 372 Å². The van der Waals surface area contributed by atoms with Gasteiger partial charge in [0.25, 0.3) is 0 Å². The molecule has 0 saturated carbocycles. The maximum absolute atomic E-state index is 5.27. The van der Waals surface area contributed by atoms with E-state index < -0.39 is 0 Å². The molecule has 0 unspecified atom stereocenters. The normalized spacial score (nSPS) is 11.4. The molecule has 0 N–H and O–H groups in total. The van der Waals surface area contributed by atoms with Gasteiger partial charge in [-0.3, -0.25) is 0 Å². The molecule has 0 bridgehead atoms. The predicted octanol–water partition coefficient (Wildman–Crippen LogP) is 16.8. The van der Waals surface area contributed by atoms with E-state index in [0.717, 1.165) is 44.8 Å². The van der Waals surface area contributed by atoms with Gasteiger partial charge in [-0.05, 0) is 112 Å². The second-order valence-corrected chi connectivity index (χ2v) is 16.5. The lowest BCUT2D eigenvalue weighted by molar-refractivity contribution is 1.18. The molecule has 0 fully saturated rings. The summed E-state index contributed by atoms with van der Waals surface area (Å²) in [4.78, 5) is 10.5. The fourth-order valence-corrected chi connectivity index (χ4v) is 9.43. The van der Waals surface area contributed by atoms with Gasteiger partial charge < -0.3 is 0 Å². The van der Waals surface area contributed by atoms with Crippen LogP contribution in [0.15, 0.2) is 243 Å². The highest BCUT2D eigenvalue weighted by Gasteiger charge is 2.16. The fraction of sp³-hybridized carbons (Fsp3) is 0. The van der Waals surface area contributed by atoms with Crippen molar-refractivity contribution >= 4 is 43.1 Å². The molecular formula is C62H40N2. The molecule has 2 nitrogen and oxygen atoms in total. The van der Waals surface area contributed by atoms with Gasteiger partial charge >= 0.3 is 0 Å². The first kappa shape index (κ1) is 37.3. The minimum absolute atomic E-state index is 0.689. The molecule has 12 rings (SSSR count). The van der Waals surface area contributed by atoms with Gasteiger partial charge in [-0.1, -0.05) is 218 Å². The molecule has 1 heterocycles. The zero-order valence-corrected chi connectivity index (χ0v) is 35.0. The van der Waals surface area contributed by atoms with Gasteiger partial charge in [0, 0.05) is 16.7 Å². The van der Waals surface area contributed by atoms with Crippen molar-refractivity contribution in [3.63, 3.8) is 0 Å². The van der Waals surface area contributed by atoms with Gasteiger partial charge in [0.1, 0.15) is 0 Å². The Bertz CT molecular complexity index is 3690. The van der Waals surface area contributed by atoms with E-state index in [-0.39, 0.29) is 0 Å². The van der Waals surface area contributed by atoms with Crippen LogP contribution in [0.5, 0.6) is 0 Å². The highest BCUT2D eigenvalue weighted by molar-refractivity contribution is 6.20. The molecule has 298 valence electrons. The van der Waals surface area contributed by atoms with Crippen molar-refractivity contribution in [3.8, 4) is 78.4 Å². The molecule has 11 aromatic carbocycles. The molecule has 0 atom stereocenters. The van der Waals surface area contributed by atoms with Crippen molar-refractivity contribution in [2.45, 2.75) is 0 Å². The molecule has 12 aromatic rings. The van der Waals surface area contributed by atoms with Gasteiger partial charge in [0.05, 0.1) is 11.4 Å². The van der Waals surface area contributed by atoms with Crippen molar-refractivity contribution < 1.29 is 0 Å². The summed E-state index contributed by atoms with van der Waals surface area (Å²) in [5.41, 5.74) is 14.3. The molecule has 1 aromatic heterocycles. The van der Waals surface area contributed by atoms with E-state index in [1.165, 1.54) is 70.9 Å². The number of rotatable bonds is 7. The Kier molecular flexibility index (Phi) is 9.20. The highest BCUT2D eigenvalue weighted by Crippen LogP contribution is 2.41. The molecule has 0 amide bonds. The number of hydrogen-bond acceptors (Lipinski definition) is 2. The summed E-state index contributed by atoms with van der Waals surface area (Å²) in [6.07, 6.45) is 0. The zero-order valence-electron chi connectivity index (χ0n) is 35.0. The topological polar surface area (TPSA) is 25.8 Å². The van der Waals surface area contributed by atoms with Crippen LogP contribution in [0.2, 0.25) is 0 Å². The molecular weight excluding hydrogens is 773 g/mol. The summed E-state index contributed by atoms with van der Waals surface area (Å²) in [6.45, 7) is 0. The average Bonchev–Trinajstić information content (AvgIpc) is 3.38. The van der Waals surface area contributed by atoms with Crippen LogP contribution in [-0.4, -0.2) is 9.97 Å². The Morgan fingerprint density at radius 2 is 0.719 bits per heavy atom. The smallest absolute Gasteiger partial charge is 0.160 e. The Morgan fingerprint density at radius 3 is 1.47 bits per heavy atom. The summed E-state index contributed by atoms with van der Waals surface area (Å²) in [5.74, 6) is 0.689. The van der Waals surface area contributed by atoms with Crippen molar-refractivity contribution in [3.05, 3.63) is 243 Å². The predicted molar refractivity (Wildman–Crippen MR) is 270 cm³/mol. The van der Waals surface area contributed by atoms with Crippen molar-refractivity contribution in [2.75, 3.05) is 0 Å². The monoisotopic (exact) mass is 812 g/mol. The van der Waals surface area contributed by atoms with Crippen LogP contribution in [0.1, 0.15) is 0 Å². The molecule has 0 aliphatic heterocycles. The first-order valence-electron chi connectivity index (χ1n) is 21.9. The fourth-order valence-electron chi connectivity index (χ4n) is 9.43. The van der Waals surface area contributed by atoms with Gasteiger partial charge in [-0.25, -0.2) is 9.97 Å². The van der Waals surface area contributed by atoms with Crippen molar-refractivity contribution in [1.29, 1.82) is 0 Å². The second-order valence-electron chi connectivity index (χ2n) is 16.5. The van der Waals surface area contributed by atoms with Crippen LogP contribution >= 0.6 is 0 Å². The van der Waals surface area contributed by atoms with E-state index in [4.69, 9.17) is 9.97 Å². The van der Waals surface area contributed by atoms with E-state index in [0.29, 0.717) is 5.82 Å². The van der Waals surface area contributed by atoms with Crippen LogP contribution in [0.4, 0.5) is 0 Å². The lowest BCUT2D eigenvalue weighted by atomic mass is 9.89. The minimum atomic E-state index is 0.689. The quantitative estimate of drug-likeness (QED) is 0.118. The first-order valence-corrected chi connectivity index (χ1v) is 21.9. The van der Waals surface area contributed by atoms with Gasteiger partial charge in [-0.2, -0.15) is 0 Å². The zero-order chi connectivity index (χ0) is 42.4. The number of fused-ring (bicyclic) bond motifs is 5. The summed E-state index contributed by atoms with van der Waals surface area (Å²) < 4.78 is 0. The van der Waals surface area contributed by atoms with Crippen LogP contribution in [0, 0.1) is 0 Å². The first-order chi connectivity index (χ1) is 31.7. The van der Waals surface area contributed by atoms with E-state index >= 15 is 0 Å². The third kappa shape index (κ3) is 6.79. The second kappa shape index (κ2) is 15.8. The number of nitrogens with zero attached hydrogens (tertiary/aromatic N) is 2. The Morgan fingerprint density at radius 1 is 0.219 bits per heavy atom.